The van der Waals surface area contributed by atoms with Crippen LogP contribution in [0.3, 0.4) is 0 Å². The molecule has 0 bridgehead atoms. The highest BCUT2D eigenvalue weighted by molar-refractivity contribution is 5.95. The van der Waals surface area contributed by atoms with Gasteiger partial charge in [-0.05, 0) is 19.1 Å². The lowest BCUT2D eigenvalue weighted by Crippen LogP contribution is -2.47. The molecule has 4 N–H and O–H groups in total. The molecule has 1 heterocycles. The summed E-state index contributed by atoms with van der Waals surface area (Å²) in [5.74, 6) is -2.55. The fraction of sp³-hybridized carbons (Fsp3) is 0.364. The van der Waals surface area contributed by atoms with E-state index in [-0.39, 0.29) is 5.76 Å². The van der Waals surface area contributed by atoms with Crippen LogP contribution in [0.15, 0.2) is 22.8 Å². The molecule has 1 rings (SSSR count). The van der Waals surface area contributed by atoms with Crippen molar-refractivity contribution < 1.29 is 29.0 Å². The van der Waals surface area contributed by atoms with Crippen LogP contribution < -0.4 is 10.6 Å². The number of nitrogens with one attached hydrogen (secondary N) is 2. The van der Waals surface area contributed by atoms with Crippen molar-refractivity contribution in [1.82, 2.24) is 10.6 Å². The van der Waals surface area contributed by atoms with Crippen molar-refractivity contribution in [1.29, 1.82) is 0 Å². The molecule has 0 saturated carbocycles. The van der Waals surface area contributed by atoms with E-state index < -0.39 is 36.5 Å². The van der Waals surface area contributed by atoms with E-state index in [0.717, 1.165) is 0 Å². The lowest BCUT2D eigenvalue weighted by Gasteiger charge is -2.14. The van der Waals surface area contributed by atoms with Crippen LogP contribution in [-0.2, 0) is 9.59 Å². The maximum atomic E-state index is 11.5. The molecule has 8 heteroatoms. The van der Waals surface area contributed by atoms with Gasteiger partial charge in [0.05, 0.1) is 12.8 Å². The summed E-state index contributed by atoms with van der Waals surface area (Å²) in [7, 11) is 0. The second-order valence-corrected chi connectivity index (χ2v) is 3.77. The van der Waals surface area contributed by atoms with Gasteiger partial charge in [0.25, 0.3) is 5.91 Å². The highest BCUT2D eigenvalue weighted by atomic mass is 16.4. The van der Waals surface area contributed by atoms with Gasteiger partial charge in [-0.25, -0.2) is 4.79 Å². The van der Waals surface area contributed by atoms with Crippen molar-refractivity contribution >= 4 is 17.8 Å². The Hall–Kier alpha value is -2.35. The van der Waals surface area contributed by atoms with Crippen LogP contribution in [0, 0.1) is 0 Å². The number of aliphatic carboxylic acids is 1. The molecule has 0 aliphatic heterocycles. The Kier molecular flexibility index (Phi) is 5.07. The van der Waals surface area contributed by atoms with Gasteiger partial charge in [-0.1, -0.05) is 0 Å². The number of hydrogen-bond acceptors (Lipinski definition) is 5. The Labute approximate surface area is 108 Å². The first-order chi connectivity index (χ1) is 8.91. The normalized spacial score (nSPS) is 13.4. The number of furan rings is 1. The largest absolute Gasteiger partial charge is 0.479 e. The molecule has 0 radical (unpaired) electrons. The predicted molar refractivity (Wildman–Crippen MR) is 62.3 cm³/mol. The smallest absolute Gasteiger partial charge is 0.334 e. The van der Waals surface area contributed by atoms with E-state index in [1.54, 1.807) is 0 Å². The van der Waals surface area contributed by atoms with Crippen molar-refractivity contribution in [3.05, 3.63) is 24.2 Å². The number of carboxylic acids is 1. The molecule has 19 heavy (non-hydrogen) atoms. The quantitative estimate of drug-likeness (QED) is 0.522. The minimum atomic E-state index is -1.68. The van der Waals surface area contributed by atoms with Crippen molar-refractivity contribution in [3.8, 4) is 0 Å². The van der Waals surface area contributed by atoms with Crippen molar-refractivity contribution in [2.75, 3.05) is 6.54 Å². The van der Waals surface area contributed by atoms with Crippen LogP contribution in [0.5, 0.6) is 0 Å². The Morgan fingerprint density at radius 1 is 1.42 bits per heavy atom. The van der Waals surface area contributed by atoms with Crippen molar-refractivity contribution in [3.63, 3.8) is 0 Å². The summed E-state index contributed by atoms with van der Waals surface area (Å²) in [4.78, 5) is 33.4. The summed E-state index contributed by atoms with van der Waals surface area (Å²) in [6.45, 7) is 0.985. The van der Waals surface area contributed by atoms with E-state index in [1.165, 1.54) is 25.3 Å². The lowest BCUT2D eigenvalue weighted by atomic mass is 10.2. The van der Waals surface area contributed by atoms with E-state index in [9.17, 15) is 14.4 Å². The van der Waals surface area contributed by atoms with Gasteiger partial charge in [0.15, 0.2) is 11.9 Å². The minimum Gasteiger partial charge on any atom is -0.479 e. The Morgan fingerprint density at radius 3 is 2.63 bits per heavy atom. The van der Waals surface area contributed by atoms with Gasteiger partial charge < -0.3 is 25.3 Å². The number of carbonyl (C=O) groups excluding carboxylic acids is 2. The number of aliphatic hydroxyl groups is 1. The number of hydrogen-bond donors (Lipinski definition) is 4. The molecule has 0 spiro atoms. The maximum Gasteiger partial charge on any atom is 0.334 e. The highest BCUT2D eigenvalue weighted by Gasteiger charge is 2.20. The van der Waals surface area contributed by atoms with E-state index in [1.807, 2.05) is 0 Å². The number of rotatable bonds is 6. The van der Waals surface area contributed by atoms with Crippen molar-refractivity contribution in [2.24, 2.45) is 0 Å². The van der Waals surface area contributed by atoms with Gasteiger partial charge in [-0.3, -0.25) is 9.59 Å². The van der Waals surface area contributed by atoms with Gasteiger partial charge in [0.2, 0.25) is 5.91 Å². The Balaban J connectivity index is 2.41. The molecule has 1 aromatic heterocycles. The summed E-state index contributed by atoms with van der Waals surface area (Å²) in [6.07, 6.45) is -0.361. The molecule has 1 aromatic rings. The molecule has 2 unspecified atom stereocenters. The number of aliphatic hydroxyl groups excluding tert-OH is 1. The van der Waals surface area contributed by atoms with Crippen molar-refractivity contribution in [2.45, 2.75) is 19.1 Å². The first kappa shape index (κ1) is 14.7. The SMILES string of the molecule is CC(NC(=O)c1ccco1)C(=O)NCC(O)C(=O)O. The number of carboxylic acid groups (broad SMARTS) is 1. The van der Waals surface area contributed by atoms with Gasteiger partial charge in [0.1, 0.15) is 6.04 Å². The van der Waals surface area contributed by atoms with E-state index in [0.29, 0.717) is 0 Å². The zero-order valence-corrected chi connectivity index (χ0v) is 10.1. The molecule has 0 aliphatic carbocycles. The average molecular weight is 270 g/mol. The highest BCUT2D eigenvalue weighted by Crippen LogP contribution is 1.99. The molecule has 0 fully saturated rings. The van der Waals surface area contributed by atoms with Gasteiger partial charge in [-0.15, -0.1) is 0 Å². The monoisotopic (exact) mass is 270 g/mol. The summed E-state index contributed by atoms with van der Waals surface area (Å²) >= 11 is 0. The lowest BCUT2D eigenvalue weighted by molar-refractivity contribution is -0.146. The number of carbonyl (C=O) groups is 3. The van der Waals surface area contributed by atoms with Gasteiger partial charge in [0, 0.05) is 0 Å². The standard InChI is InChI=1S/C11H14N2O6/c1-6(9(15)12-5-7(14)11(17)18)13-10(16)8-3-2-4-19-8/h2-4,6-7,14H,5H2,1H3,(H,12,15)(H,13,16)(H,17,18). The topological polar surface area (TPSA) is 129 Å². The van der Waals surface area contributed by atoms with Gasteiger partial charge >= 0.3 is 5.97 Å². The summed E-state index contributed by atoms with van der Waals surface area (Å²) in [6, 6.07) is 2.08. The molecule has 2 atom stereocenters. The third kappa shape index (κ3) is 4.43. The summed E-state index contributed by atoms with van der Waals surface area (Å²) in [5, 5.41) is 22.0. The van der Waals surface area contributed by atoms with Crippen LogP contribution >= 0.6 is 0 Å². The summed E-state index contributed by atoms with van der Waals surface area (Å²) < 4.78 is 4.84. The Morgan fingerprint density at radius 2 is 2.11 bits per heavy atom. The molecular weight excluding hydrogens is 256 g/mol. The first-order valence-corrected chi connectivity index (χ1v) is 5.44. The Bertz CT molecular complexity index is 456. The zero-order chi connectivity index (χ0) is 14.4. The molecule has 8 nitrogen and oxygen atoms in total. The summed E-state index contributed by atoms with van der Waals surface area (Å²) in [5.41, 5.74) is 0. The number of amides is 2. The zero-order valence-electron chi connectivity index (χ0n) is 10.1. The second kappa shape index (κ2) is 6.55. The third-order valence-corrected chi connectivity index (χ3v) is 2.24. The van der Waals surface area contributed by atoms with E-state index in [4.69, 9.17) is 14.6 Å². The fourth-order valence-corrected chi connectivity index (χ4v) is 1.18. The molecule has 0 saturated heterocycles. The molecule has 0 aromatic carbocycles. The minimum absolute atomic E-state index is 0.0604. The second-order valence-electron chi connectivity index (χ2n) is 3.77. The molecule has 0 aliphatic rings. The average Bonchev–Trinajstić information content (AvgIpc) is 2.88. The molecule has 104 valence electrons. The van der Waals surface area contributed by atoms with E-state index in [2.05, 4.69) is 10.6 Å². The van der Waals surface area contributed by atoms with Crippen LogP contribution in [0.4, 0.5) is 0 Å². The molecular formula is C11H14N2O6. The van der Waals surface area contributed by atoms with Crippen LogP contribution in [0.25, 0.3) is 0 Å². The first-order valence-electron chi connectivity index (χ1n) is 5.44. The van der Waals surface area contributed by atoms with E-state index >= 15 is 0 Å². The van der Waals surface area contributed by atoms with Crippen LogP contribution in [0.1, 0.15) is 17.5 Å². The maximum absolute atomic E-state index is 11.5. The third-order valence-electron chi connectivity index (χ3n) is 2.24. The molecule has 2 amide bonds. The van der Waals surface area contributed by atoms with Gasteiger partial charge in [-0.2, -0.15) is 0 Å². The fourth-order valence-electron chi connectivity index (χ4n) is 1.18. The van der Waals surface area contributed by atoms with Crippen LogP contribution in [-0.4, -0.2) is 46.7 Å². The van der Waals surface area contributed by atoms with Crippen LogP contribution in [0.2, 0.25) is 0 Å². The predicted octanol–water partition coefficient (Wildman–Crippen LogP) is -1.04.